The average Bonchev–Trinajstić information content (AvgIpc) is 2.59. The molecule has 1 aromatic rings. The molecule has 1 heterocycles. The molecular formula is C11H14ClNO. The number of nitrogens with two attached hydrogens (primary N) is 1. The Labute approximate surface area is 89.0 Å². The molecule has 0 bridgehead atoms. The van der Waals surface area contributed by atoms with Gasteiger partial charge < -0.3 is 10.5 Å². The van der Waals surface area contributed by atoms with Crippen molar-refractivity contribution in [2.75, 3.05) is 6.54 Å². The zero-order valence-corrected chi connectivity index (χ0v) is 8.76. The number of fused-ring (bicyclic) bond motifs is 1. The predicted molar refractivity (Wildman–Crippen MR) is 57.9 cm³/mol. The molecule has 0 fully saturated rings. The number of hydrogen-bond donors (Lipinski definition) is 1. The molecule has 0 saturated heterocycles. The van der Waals surface area contributed by atoms with Crippen LogP contribution in [0.15, 0.2) is 18.2 Å². The molecule has 2 rings (SSSR count). The lowest BCUT2D eigenvalue weighted by molar-refractivity contribution is 0.219. The van der Waals surface area contributed by atoms with Crippen LogP contribution in [0.4, 0.5) is 0 Å². The number of halogens is 1. The van der Waals surface area contributed by atoms with Crippen molar-refractivity contribution in [3.05, 3.63) is 28.8 Å². The Morgan fingerprint density at radius 1 is 1.50 bits per heavy atom. The maximum atomic E-state index is 6.06. The Kier molecular flexibility index (Phi) is 2.94. The Morgan fingerprint density at radius 2 is 2.36 bits per heavy atom. The van der Waals surface area contributed by atoms with E-state index in [0.717, 1.165) is 42.1 Å². The van der Waals surface area contributed by atoms with Gasteiger partial charge in [0.25, 0.3) is 0 Å². The molecule has 1 aliphatic rings. The van der Waals surface area contributed by atoms with Gasteiger partial charge in [-0.05, 0) is 31.5 Å². The first-order valence-corrected chi connectivity index (χ1v) is 5.33. The lowest BCUT2D eigenvalue weighted by Gasteiger charge is -2.08. The molecule has 1 aliphatic heterocycles. The Hall–Kier alpha value is -0.730. The van der Waals surface area contributed by atoms with E-state index < -0.39 is 0 Å². The van der Waals surface area contributed by atoms with Crippen LogP contribution in [0.1, 0.15) is 18.4 Å². The smallest absolute Gasteiger partial charge is 0.124 e. The number of hydrogen-bond acceptors (Lipinski definition) is 2. The van der Waals surface area contributed by atoms with Gasteiger partial charge in [0.2, 0.25) is 0 Å². The highest BCUT2D eigenvalue weighted by molar-refractivity contribution is 6.31. The van der Waals surface area contributed by atoms with E-state index in [2.05, 4.69) is 0 Å². The van der Waals surface area contributed by atoms with Crippen LogP contribution < -0.4 is 10.5 Å². The van der Waals surface area contributed by atoms with E-state index in [9.17, 15) is 0 Å². The van der Waals surface area contributed by atoms with E-state index in [-0.39, 0.29) is 6.10 Å². The summed E-state index contributed by atoms with van der Waals surface area (Å²) >= 11 is 6.06. The third-order valence-corrected chi connectivity index (χ3v) is 2.89. The van der Waals surface area contributed by atoms with Crippen molar-refractivity contribution in [1.82, 2.24) is 0 Å². The van der Waals surface area contributed by atoms with Crippen molar-refractivity contribution in [3.63, 3.8) is 0 Å². The molecule has 0 spiro atoms. The maximum absolute atomic E-state index is 6.06. The third kappa shape index (κ3) is 1.86. The van der Waals surface area contributed by atoms with Gasteiger partial charge in [-0.1, -0.05) is 17.7 Å². The van der Waals surface area contributed by atoms with E-state index in [4.69, 9.17) is 22.1 Å². The number of benzene rings is 1. The minimum absolute atomic E-state index is 0.272. The van der Waals surface area contributed by atoms with E-state index in [1.54, 1.807) is 0 Å². The Bertz CT molecular complexity index is 327. The molecule has 0 amide bonds. The molecular weight excluding hydrogens is 198 g/mol. The zero-order chi connectivity index (χ0) is 9.97. The normalized spacial score (nSPS) is 19.1. The molecule has 2 nitrogen and oxygen atoms in total. The molecule has 2 N–H and O–H groups in total. The van der Waals surface area contributed by atoms with Crippen LogP contribution in [0, 0.1) is 0 Å². The van der Waals surface area contributed by atoms with Crippen molar-refractivity contribution >= 4 is 11.6 Å². The summed E-state index contributed by atoms with van der Waals surface area (Å²) in [5.41, 5.74) is 6.61. The summed E-state index contributed by atoms with van der Waals surface area (Å²) < 4.78 is 5.75. The summed E-state index contributed by atoms with van der Waals surface area (Å²) in [6.45, 7) is 0.726. The largest absolute Gasteiger partial charge is 0.490 e. The van der Waals surface area contributed by atoms with Crippen molar-refractivity contribution < 1.29 is 4.74 Å². The van der Waals surface area contributed by atoms with Crippen LogP contribution in [0.25, 0.3) is 0 Å². The first kappa shape index (κ1) is 9.81. The van der Waals surface area contributed by atoms with Crippen LogP contribution in [-0.4, -0.2) is 12.6 Å². The van der Waals surface area contributed by atoms with Crippen molar-refractivity contribution in [1.29, 1.82) is 0 Å². The molecule has 0 aromatic heterocycles. The Balaban J connectivity index is 2.06. The molecule has 1 atom stereocenters. The molecule has 0 saturated carbocycles. The number of ether oxygens (including phenoxy) is 1. The highest BCUT2D eigenvalue weighted by Crippen LogP contribution is 2.35. The fourth-order valence-corrected chi connectivity index (χ4v) is 2.05. The average molecular weight is 212 g/mol. The van der Waals surface area contributed by atoms with E-state index in [1.165, 1.54) is 0 Å². The molecule has 1 aromatic carbocycles. The van der Waals surface area contributed by atoms with Crippen LogP contribution >= 0.6 is 11.6 Å². The van der Waals surface area contributed by atoms with Crippen LogP contribution in [0.5, 0.6) is 5.75 Å². The standard InChI is InChI=1S/C11H14ClNO/c12-10-4-1-5-11-9(10)7-8(14-11)3-2-6-13/h1,4-5,8H,2-3,6-7,13H2. The summed E-state index contributed by atoms with van der Waals surface area (Å²) in [5.74, 6) is 0.944. The SMILES string of the molecule is NCCCC1Cc2c(Cl)cccc2O1. The fraction of sp³-hybridized carbons (Fsp3) is 0.455. The molecule has 3 heteroatoms. The summed E-state index contributed by atoms with van der Waals surface area (Å²) in [6.07, 6.45) is 3.22. The van der Waals surface area contributed by atoms with Gasteiger partial charge in [0.1, 0.15) is 11.9 Å². The van der Waals surface area contributed by atoms with Gasteiger partial charge >= 0.3 is 0 Å². The molecule has 0 aliphatic carbocycles. The van der Waals surface area contributed by atoms with Gasteiger partial charge in [0, 0.05) is 17.0 Å². The third-order valence-electron chi connectivity index (χ3n) is 2.53. The van der Waals surface area contributed by atoms with E-state index >= 15 is 0 Å². The van der Waals surface area contributed by atoms with E-state index in [0.29, 0.717) is 0 Å². The minimum Gasteiger partial charge on any atom is -0.490 e. The van der Waals surface area contributed by atoms with Crippen molar-refractivity contribution in [3.8, 4) is 5.75 Å². The first-order chi connectivity index (χ1) is 6.81. The molecule has 1 unspecified atom stereocenters. The summed E-state index contributed by atoms with van der Waals surface area (Å²) in [6, 6.07) is 5.81. The van der Waals surface area contributed by atoms with Crippen LogP contribution in [0.3, 0.4) is 0 Å². The van der Waals surface area contributed by atoms with Crippen molar-refractivity contribution in [2.45, 2.75) is 25.4 Å². The first-order valence-electron chi connectivity index (χ1n) is 4.95. The van der Waals surface area contributed by atoms with Gasteiger partial charge in [0.05, 0.1) is 0 Å². The predicted octanol–water partition coefficient (Wildman–Crippen LogP) is 2.38. The molecule has 14 heavy (non-hydrogen) atoms. The number of rotatable bonds is 3. The van der Waals surface area contributed by atoms with Gasteiger partial charge in [-0.3, -0.25) is 0 Å². The summed E-state index contributed by atoms with van der Waals surface area (Å²) in [7, 11) is 0. The van der Waals surface area contributed by atoms with Gasteiger partial charge in [-0.15, -0.1) is 0 Å². The maximum Gasteiger partial charge on any atom is 0.124 e. The quantitative estimate of drug-likeness (QED) is 0.833. The summed E-state index contributed by atoms with van der Waals surface area (Å²) in [5, 5.41) is 0.817. The second kappa shape index (κ2) is 4.20. The Morgan fingerprint density at radius 3 is 3.07 bits per heavy atom. The van der Waals surface area contributed by atoms with Gasteiger partial charge in [0.15, 0.2) is 0 Å². The molecule has 76 valence electrons. The van der Waals surface area contributed by atoms with Crippen molar-refractivity contribution in [2.24, 2.45) is 5.73 Å². The second-order valence-electron chi connectivity index (χ2n) is 3.59. The van der Waals surface area contributed by atoms with Crippen LogP contribution in [-0.2, 0) is 6.42 Å². The van der Waals surface area contributed by atoms with Gasteiger partial charge in [-0.25, -0.2) is 0 Å². The fourth-order valence-electron chi connectivity index (χ4n) is 1.80. The lowest BCUT2D eigenvalue weighted by Crippen LogP contribution is -2.14. The highest BCUT2D eigenvalue weighted by atomic mass is 35.5. The second-order valence-corrected chi connectivity index (χ2v) is 4.00. The highest BCUT2D eigenvalue weighted by Gasteiger charge is 2.23. The van der Waals surface area contributed by atoms with Gasteiger partial charge in [-0.2, -0.15) is 0 Å². The monoisotopic (exact) mass is 211 g/mol. The van der Waals surface area contributed by atoms with Crippen LogP contribution in [0.2, 0.25) is 5.02 Å². The van der Waals surface area contributed by atoms with E-state index in [1.807, 2.05) is 18.2 Å². The lowest BCUT2D eigenvalue weighted by atomic mass is 10.1. The minimum atomic E-state index is 0.272. The molecule has 0 radical (unpaired) electrons. The zero-order valence-electron chi connectivity index (χ0n) is 8.00. The topological polar surface area (TPSA) is 35.2 Å². The summed E-state index contributed by atoms with van der Waals surface area (Å²) in [4.78, 5) is 0.